The maximum Gasteiger partial charge on any atom is 0.319 e. The first-order valence-corrected chi connectivity index (χ1v) is 8.70. The van der Waals surface area contributed by atoms with Crippen LogP contribution in [0.25, 0.3) is 0 Å². The third-order valence-electron chi connectivity index (χ3n) is 4.73. The summed E-state index contributed by atoms with van der Waals surface area (Å²) < 4.78 is 5.18. The molecule has 0 fully saturated rings. The molecule has 0 saturated heterocycles. The molecule has 1 aliphatic heterocycles. The van der Waals surface area contributed by atoms with Crippen LogP contribution in [0.3, 0.4) is 0 Å². The van der Waals surface area contributed by atoms with Gasteiger partial charge >= 0.3 is 6.03 Å². The lowest BCUT2D eigenvalue weighted by Gasteiger charge is -2.28. The van der Waals surface area contributed by atoms with E-state index in [1.165, 1.54) is 0 Å². The number of carbonyl (C=O) groups excluding carboxylic acids is 2. The van der Waals surface area contributed by atoms with E-state index in [1.54, 1.807) is 26.2 Å². The van der Waals surface area contributed by atoms with Gasteiger partial charge in [-0.1, -0.05) is 18.2 Å². The first-order chi connectivity index (χ1) is 12.9. The van der Waals surface area contributed by atoms with Crippen molar-refractivity contribution in [3.05, 3.63) is 70.4 Å². The van der Waals surface area contributed by atoms with Gasteiger partial charge in [0.15, 0.2) is 0 Å². The van der Waals surface area contributed by atoms with Crippen molar-refractivity contribution in [2.75, 3.05) is 12.4 Å². The first kappa shape index (κ1) is 18.5. The minimum Gasteiger partial charge on any atom is -0.497 e. The predicted molar refractivity (Wildman–Crippen MR) is 105 cm³/mol. The van der Waals surface area contributed by atoms with E-state index in [4.69, 9.17) is 4.74 Å². The van der Waals surface area contributed by atoms with Crippen molar-refractivity contribution in [3.8, 4) is 5.75 Å². The van der Waals surface area contributed by atoms with Gasteiger partial charge in [0.25, 0.3) is 5.91 Å². The summed E-state index contributed by atoms with van der Waals surface area (Å²) >= 11 is 0. The molecule has 0 aliphatic carbocycles. The zero-order chi connectivity index (χ0) is 19.6. The average Bonchev–Trinajstić information content (AvgIpc) is 2.64. The molecule has 3 N–H and O–H groups in total. The number of aryl methyl sites for hydroxylation is 2. The van der Waals surface area contributed by atoms with E-state index in [-0.39, 0.29) is 11.9 Å². The Bertz CT molecular complexity index is 917. The SMILES string of the molecule is COc1ccc(C2NC(=O)NC(C)=C2C(=O)Nc2ccc(C)c(C)c2)cc1. The van der Waals surface area contributed by atoms with Gasteiger partial charge < -0.3 is 20.7 Å². The molecule has 27 heavy (non-hydrogen) atoms. The molecule has 2 aromatic rings. The van der Waals surface area contributed by atoms with Crippen molar-refractivity contribution in [1.82, 2.24) is 10.6 Å². The number of rotatable bonds is 4. The highest BCUT2D eigenvalue weighted by atomic mass is 16.5. The second-order valence-electron chi connectivity index (χ2n) is 6.60. The largest absolute Gasteiger partial charge is 0.497 e. The fraction of sp³-hybridized carbons (Fsp3) is 0.238. The number of amides is 3. The fourth-order valence-corrected chi connectivity index (χ4v) is 3.06. The summed E-state index contributed by atoms with van der Waals surface area (Å²) in [6.45, 7) is 5.75. The zero-order valence-electron chi connectivity index (χ0n) is 15.8. The van der Waals surface area contributed by atoms with Gasteiger partial charge in [-0.2, -0.15) is 0 Å². The Labute approximate surface area is 158 Å². The maximum atomic E-state index is 13.0. The molecule has 1 aliphatic rings. The van der Waals surface area contributed by atoms with E-state index in [2.05, 4.69) is 16.0 Å². The topological polar surface area (TPSA) is 79.5 Å². The third-order valence-corrected chi connectivity index (χ3v) is 4.73. The first-order valence-electron chi connectivity index (χ1n) is 8.70. The van der Waals surface area contributed by atoms with Gasteiger partial charge in [0.1, 0.15) is 5.75 Å². The van der Waals surface area contributed by atoms with Crippen molar-refractivity contribution in [3.63, 3.8) is 0 Å². The molecular weight excluding hydrogens is 342 g/mol. The van der Waals surface area contributed by atoms with E-state index < -0.39 is 6.04 Å². The number of carbonyl (C=O) groups is 2. The molecule has 0 radical (unpaired) electrons. The second-order valence-corrected chi connectivity index (χ2v) is 6.60. The Morgan fingerprint density at radius 3 is 2.37 bits per heavy atom. The van der Waals surface area contributed by atoms with E-state index in [0.717, 1.165) is 16.7 Å². The molecule has 0 aromatic heterocycles. The number of nitrogens with one attached hydrogen (secondary N) is 3. The van der Waals surface area contributed by atoms with Gasteiger partial charge in [-0.15, -0.1) is 0 Å². The van der Waals surface area contributed by atoms with Gasteiger partial charge in [0.2, 0.25) is 0 Å². The third kappa shape index (κ3) is 3.95. The number of allylic oxidation sites excluding steroid dienone is 1. The number of urea groups is 1. The van der Waals surface area contributed by atoms with Gasteiger partial charge in [-0.25, -0.2) is 4.79 Å². The minimum atomic E-state index is -0.545. The second kappa shape index (κ2) is 7.53. The summed E-state index contributed by atoms with van der Waals surface area (Å²) in [5.74, 6) is 0.449. The van der Waals surface area contributed by atoms with Crippen LogP contribution in [0, 0.1) is 13.8 Å². The molecule has 3 amide bonds. The standard InChI is InChI=1S/C21H23N3O3/c1-12-5-8-16(11-13(12)2)23-20(25)18-14(3)22-21(26)24-19(18)15-6-9-17(27-4)10-7-15/h5-11,19H,1-4H3,(H,23,25)(H2,22,24,26). The summed E-state index contributed by atoms with van der Waals surface area (Å²) in [5, 5.41) is 8.45. The lowest BCUT2D eigenvalue weighted by atomic mass is 9.94. The van der Waals surface area contributed by atoms with E-state index in [9.17, 15) is 9.59 Å². The number of benzene rings is 2. The molecule has 0 spiro atoms. The van der Waals surface area contributed by atoms with Gasteiger partial charge in [-0.05, 0) is 61.7 Å². The normalized spacial score (nSPS) is 16.4. The summed E-state index contributed by atoms with van der Waals surface area (Å²) in [7, 11) is 1.59. The fourth-order valence-electron chi connectivity index (χ4n) is 3.06. The lowest BCUT2D eigenvalue weighted by Crippen LogP contribution is -2.45. The van der Waals surface area contributed by atoms with Crippen molar-refractivity contribution in [2.45, 2.75) is 26.8 Å². The lowest BCUT2D eigenvalue weighted by molar-refractivity contribution is -0.113. The van der Waals surface area contributed by atoms with Crippen molar-refractivity contribution in [1.29, 1.82) is 0 Å². The van der Waals surface area contributed by atoms with Crippen LogP contribution < -0.4 is 20.7 Å². The monoisotopic (exact) mass is 365 g/mol. The van der Waals surface area contributed by atoms with E-state index in [1.807, 2.05) is 44.2 Å². The van der Waals surface area contributed by atoms with Crippen LogP contribution in [0.4, 0.5) is 10.5 Å². The Morgan fingerprint density at radius 1 is 1.04 bits per heavy atom. The number of methoxy groups -OCH3 is 1. The van der Waals surface area contributed by atoms with Crippen LogP contribution in [0.15, 0.2) is 53.7 Å². The van der Waals surface area contributed by atoms with Crippen LogP contribution in [-0.2, 0) is 4.79 Å². The molecule has 1 atom stereocenters. The smallest absolute Gasteiger partial charge is 0.319 e. The quantitative estimate of drug-likeness (QED) is 0.775. The minimum absolute atomic E-state index is 0.260. The Kier molecular flexibility index (Phi) is 5.16. The molecule has 0 bridgehead atoms. The van der Waals surface area contributed by atoms with Crippen LogP contribution in [0.5, 0.6) is 5.75 Å². The Balaban J connectivity index is 1.92. The molecule has 0 saturated carbocycles. The maximum absolute atomic E-state index is 13.0. The van der Waals surface area contributed by atoms with Crippen LogP contribution in [0.2, 0.25) is 0 Å². The number of ether oxygens (including phenoxy) is 1. The Morgan fingerprint density at radius 2 is 1.74 bits per heavy atom. The Hall–Kier alpha value is -3.28. The summed E-state index contributed by atoms with van der Waals surface area (Å²) in [6, 6.07) is 12.2. The summed E-state index contributed by atoms with van der Waals surface area (Å²) in [4.78, 5) is 25.0. The van der Waals surface area contributed by atoms with Crippen LogP contribution in [-0.4, -0.2) is 19.0 Å². The highest BCUT2D eigenvalue weighted by Gasteiger charge is 2.31. The molecular formula is C21H23N3O3. The van der Waals surface area contributed by atoms with E-state index in [0.29, 0.717) is 22.7 Å². The highest BCUT2D eigenvalue weighted by Crippen LogP contribution is 2.29. The molecule has 1 unspecified atom stereocenters. The van der Waals surface area contributed by atoms with Crippen LogP contribution in [0.1, 0.15) is 29.7 Å². The van der Waals surface area contributed by atoms with Crippen LogP contribution >= 0.6 is 0 Å². The van der Waals surface area contributed by atoms with Gasteiger partial charge in [0.05, 0.1) is 18.7 Å². The van der Waals surface area contributed by atoms with Crippen molar-refractivity contribution < 1.29 is 14.3 Å². The predicted octanol–water partition coefficient (Wildman–Crippen LogP) is 3.58. The molecule has 2 aromatic carbocycles. The molecule has 6 heteroatoms. The molecule has 140 valence electrons. The van der Waals surface area contributed by atoms with E-state index >= 15 is 0 Å². The van der Waals surface area contributed by atoms with Crippen molar-refractivity contribution in [2.24, 2.45) is 0 Å². The van der Waals surface area contributed by atoms with Gasteiger partial charge in [0, 0.05) is 11.4 Å². The number of anilines is 1. The number of hydrogen-bond donors (Lipinski definition) is 3. The average molecular weight is 365 g/mol. The zero-order valence-corrected chi connectivity index (χ0v) is 15.8. The highest BCUT2D eigenvalue weighted by molar-refractivity contribution is 6.06. The molecule has 1 heterocycles. The van der Waals surface area contributed by atoms with Gasteiger partial charge in [-0.3, -0.25) is 4.79 Å². The summed E-state index contributed by atoms with van der Waals surface area (Å²) in [6.07, 6.45) is 0. The number of hydrogen-bond acceptors (Lipinski definition) is 3. The molecule has 6 nitrogen and oxygen atoms in total. The van der Waals surface area contributed by atoms with Crippen molar-refractivity contribution >= 4 is 17.6 Å². The summed E-state index contributed by atoms with van der Waals surface area (Å²) in [5.41, 5.74) is 4.77. The molecule has 3 rings (SSSR count).